The number of carbonyl (C=O) groups excluding carboxylic acids is 1. The highest BCUT2D eigenvalue weighted by molar-refractivity contribution is 7.91. The minimum absolute atomic E-state index is 0.0512. The molecule has 1 fully saturated rings. The van der Waals surface area contributed by atoms with E-state index in [-0.39, 0.29) is 22.3 Å². The van der Waals surface area contributed by atoms with Crippen LogP contribution in [-0.4, -0.2) is 37.3 Å². The van der Waals surface area contributed by atoms with E-state index in [1.165, 1.54) is 12.1 Å². The van der Waals surface area contributed by atoms with Gasteiger partial charge in [-0.25, -0.2) is 8.42 Å². The summed E-state index contributed by atoms with van der Waals surface area (Å²) in [5, 5.41) is 12.7. The van der Waals surface area contributed by atoms with E-state index in [2.05, 4.69) is 5.32 Å². The first-order valence-electron chi connectivity index (χ1n) is 7.26. The van der Waals surface area contributed by atoms with Gasteiger partial charge in [0.25, 0.3) is 5.91 Å². The Morgan fingerprint density at radius 1 is 1.29 bits per heavy atom. The molecule has 0 radical (unpaired) electrons. The van der Waals surface area contributed by atoms with Crippen molar-refractivity contribution in [1.82, 2.24) is 5.32 Å². The number of hydrogen-bond donors (Lipinski definition) is 2. The molecule has 1 aromatic carbocycles. The van der Waals surface area contributed by atoms with Crippen LogP contribution in [0.1, 0.15) is 43.0 Å². The molecule has 1 aliphatic rings. The number of hydrogen-bond acceptors (Lipinski definition) is 4. The van der Waals surface area contributed by atoms with E-state index in [9.17, 15) is 18.3 Å². The number of amides is 1. The predicted octanol–water partition coefficient (Wildman–Crippen LogP) is 1.51. The number of carbonyl (C=O) groups is 1. The molecule has 2 unspecified atom stereocenters. The van der Waals surface area contributed by atoms with Crippen molar-refractivity contribution in [3.63, 3.8) is 0 Å². The summed E-state index contributed by atoms with van der Waals surface area (Å²) < 4.78 is 24.1. The molecule has 1 saturated carbocycles. The summed E-state index contributed by atoms with van der Waals surface area (Å²) in [7, 11) is -3.45. The lowest BCUT2D eigenvalue weighted by molar-refractivity contribution is 0.0715. The Hall–Kier alpha value is -1.40. The van der Waals surface area contributed by atoms with Crippen LogP contribution in [0.2, 0.25) is 0 Å². The number of sulfone groups is 1. The minimum Gasteiger partial charge on any atom is -0.391 e. The third-order valence-electron chi connectivity index (χ3n) is 3.89. The molecule has 0 saturated heterocycles. The summed E-state index contributed by atoms with van der Waals surface area (Å²) in [5.74, 6) is -0.489. The quantitative estimate of drug-likeness (QED) is 0.883. The summed E-state index contributed by atoms with van der Waals surface area (Å²) in [6.07, 6.45) is 2.73. The molecule has 2 atom stereocenters. The van der Waals surface area contributed by atoms with Crippen molar-refractivity contribution in [3.05, 3.63) is 29.8 Å². The zero-order valence-electron chi connectivity index (χ0n) is 12.1. The predicted molar refractivity (Wildman–Crippen MR) is 79.9 cm³/mol. The summed E-state index contributed by atoms with van der Waals surface area (Å²) in [6.45, 7) is 1.55. The summed E-state index contributed by atoms with van der Waals surface area (Å²) in [6, 6.07) is 5.90. The standard InChI is InChI=1S/C15H21NO4S/c1-2-21(19,20)14-10-6-3-7-11(14)15(18)16-12-8-4-5-9-13(12)17/h3,6-7,10,12-13,17H,2,4-5,8-9H2,1H3,(H,16,18). The Bertz CT molecular complexity index is 612. The van der Waals surface area contributed by atoms with Crippen molar-refractivity contribution in [1.29, 1.82) is 0 Å². The van der Waals surface area contributed by atoms with Gasteiger partial charge in [0.15, 0.2) is 9.84 Å². The molecule has 2 rings (SSSR count). The molecule has 116 valence electrons. The van der Waals surface area contributed by atoms with Gasteiger partial charge in [-0.05, 0) is 25.0 Å². The van der Waals surface area contributed by atoms with Gasteiger partial charge < -0.3 is 10.4 Å². The highest BCUT2D eigenvalue weighted by Gasteiger charge is 2.27. The van der Waals surface area contributed by atoms with Crippen LogP contribution in [-0.2, 0) is 9.84 Å². The summed E-state index contributed by atoms with van der Waals surface area (Å²) in [5.41, 5.74) is 0.150. The Morgan fingerprint density at radius 3 is 2.62 bits per heavy atom. The number of aliphatic hydroxyl groups is 1. The van der Waals surface area contributed by atoms with Crippen LogP contribution < -0.4 is 5.32 Å². The molecule has 5 nitrogen and oxygen atoms in total. The Kier molecular flexibility index (Phi) is 5.00. The maximum Gasteiger partial charge on any atom is 0.252 e. The molecule has 0 aromatic heterocycles. The van der Waals surface area contributed by atoms with Gasteiger partial charge in [-0.3, -0.25) is 4.79 Å². The van der Waals surface area contributed by atoms with Gasteiger partial charge in [0.05, 0.1) is 28.4 Å². The van der Waals surface area contributed by atoms with Crippen molar-refractivity contribution < 1.29 is 18.3 Å². The molecule has 21 heavy (non-hydrogen) atoms. The van der Waals surface area contributed by atoms with E-state index in [0.29, 0.717) is 6.42 Å². The highest BCUT2D eigenvalue weighted by Crippen LogP contribution is 2.21. The maximum absolute atomic E-state index is 12.4. The normalized spacial score (nSPS) is 22.8. The molecular formula is C15H21NO4S. The molecule has 6 heteroatoms. The first kappa shape index (κ1) is 16.0. The van der Waals surface area contributed by atoms with Crippen LogP contribution in [0.25, 0.3) is 0 Å². The van der Waals surface area contributed by atoms with Crippen molar-refractivity contribution >= 4 is 15.7 Å². The third kappa shape index (κ3) is 3.63. The van der Waals surface area contributed by atoms with Crippen molar-refractivity contribution in [2.45, 2.75) is 49.6 Å². The SMILES string of the molecule is CCS(=O)(=O)c1ccccc1C(=O)NC1CCCCC1O. The van der Waals surface area contributed by atoms with Crippen molar-refractivity contribution in [2.75, 3.05) is 5.75 Å². The lowest BCUT2D eigenvalue weighted by atomic mass is 9.92. The van der Waals surface area contributed by atoms with Gasteiger partial charge >= 0.3 is 0 Å². The van der Waals surface area contributed by atoms with E-state index in [4.69, 9.17) is 0 Å². The first-order valence-corrected chi connectivity index (χ1v) is 8.91. The molecule has 1 aromatic rings. The van der Waals surface area contributed by atoms with Gasteiger partial charge in [0.1, 0.15) is 0 Å². The second-order valence-electron chi connectivity index (χ2n) is 5.33. The number of rotatable bonds is 4. The van der Waals surface area contributed by atoms with Crippen LogP contribution in [0.4, 0.5) is 0 Å². The minimum atomic E-state index is -3.45. The number of aliphatic hydroxyl groups excluding tert-OH is 1. The van der Waals surface area contributed by atoms with E-state index in [1.54, 1.807) is 19.1 Å². The van der Waals surface area contributed by atoms with E-state index in [1.807, 2.05) is 0 Å². The fraction of sp³-hybridized carbons (Fsp3) is 0.533. The van der Waals surface area contributed by atoms with E-state index >= 15 is 0 Å². The largest absolute Gasteiger partial charge is 0.391 e. The average molecular weight is 311 g/mol. The summed E-state index contributed by atoms with van der Waals surface area (Å²) in [4.78, 5) is 12.4. The molecule has 2 N–H and O–H groups in total. The second kappa shape index (κ2) is 6.58. The van der Waals surface area contributed by atoms with Crippen LogP contribution in [0.15, 0.2) is 29.2 Å². The summed E-state index contributed by atoms with van der Waals surface area (Å²) >= 11 is 0. The van der Waals surface area contributed by atoms with E-state index < -0.39 is 21.8 Å². The first-order chi connectivity index (χ1) is 9.95. The number of nitrogens with one attached hydrogen (secondary N) is 1. The fourth-order valence-corrected chi connectivity index (χ4v) is 3.70. The second-order valence-corrected chi connectivity index (χ2v) is 7.58. The number of benzene rings is 1. The topological polar surface area (TPSA) is 83.5 Å². The highest BCUT2D eigenvalue weighted by atomic mass is 32.2. The fourth-order valence-electron chi connectivity index (χ4n) is 2.61. The average Bonchev–Trinajstić information content (AvgIpc) is 2.49. The maximum atomic E-state index is 12.4. The lowest BCUT2D eigenvalue weighted by Gasteiger charge is -2.28. The van der Waals surface area contributed by atoms with Gasteiger partial charge in [-0.1, -0.05) is 31.9 Å². The Labute approximate surface area is 125 Å². The van der Waals surface area contributed by atoms with Gasteiger partial charge in [0.2, 0.25) is 0 Å². The zero-order valence-corrected chi connectivity index (χ0v) is 12.9. The van der Waals surface area contributed by atoms with Gasteiger partial charge in [-0.15, -0.1) is 0 Å². The van der Waals surface area contributed by atoms with Crippen LogP contribution in [0.3, 0.4) is 0 Å². The molecule has 0 spiro atoms. The van der Waals surface area contributed by atoms with Gasteiger partial charge in [-0.2, -0.15) is 0 Å². The van der Waals surface area contributed by atoms with Crippen LogP contribution >= 0.6 is 0 Å². The lowest BCUT2D eigenvalue weighted by Crippen LogP contribution is -2.45. The van der Waals surface area contributed by atoms with Crippen molar-refractivity contribution in [2.24, 2.45) is 0 Å². The molecule has 1 amide bonds. The van der Waals surface area contributed by atoms with Crippen molar-refractivity contribution in [3.8, 4) is 0 Å². The Balaban J connectivity index is 2.24. The smallest absolute Gasteiger partial charge is 0.252 e. The van der Waals surface area contributed by atoms with E-state index in [0.717, 1.165) is 19.3 Å². The molecular weight excluding hydrogens is 290 g/mol. The van der Waals surface area contributed by atoms with Gasteiger partial charge in [0, 0.05) is 0 Å². The third-order valence-corrected chi connectivity index (χ3v) is 5.68. The zero-order chi connectivity index (χ0) is 15.5. The monoisotopic (exact) mass is 311 g/mol. The Morgan fingerprint density at radius 2 is 1.95 bits per heavy atom. The molecule has 0 bridgehead atoms. The molecule has 0 heterocycles. The van der Waals surface area contributed by atoms with Crippen LogP contribution in [0, 0.1) is 0 Å². The van der Waals surface area contributed by atoms with Crippen LogP contribution in [0.5, 0.6) is 0 Å². The molecule has 1 aliphatic carbocycles. The molecule has 0 aliphatic heterocycles.